The molecule has 3 atom stereocenters. The van der Waals surface area contributed by atoms with Gasteiger partial charge >= 0.3 is 0 Å². The fourth-order valence-electron chi connectivity index (χ4n) is 3.27. The van der Waals surface area contributed by atoms with Gasteiger partial charge in [0.25, 0.3) is 5.91 Å². The maximum Gasteiger partial charge on any atom is 0.276 e. The third kappa shape index (κ3) is 2.46. The van der Waals surface area contributed by atoms with Gasteiger partial charge in [-0.05, 0) is 25.7 Å². The molecular weight excluding hydrogens is 272 g/mol. The van der Waals surface area contributed by atoms with Crippen LogP contribution in [0.4, 0.5) is 0 Å². The Morgan fingerprint density at radius 2 is 2.33 bits per heavy atom. The van der Waals surface area contributed by atoms with Crippen LogP contribution in [-0.2, 0) is 9.47 Å². The third-order valence-electron chi connectivity index (χ3n) is 4.70. The number of nitrogens with zero attached hydrogens (tertiary/aromatic N) is 2. The molecule has 2 saturated heterocycles. The highest BCUT2D eigenvalue weighted by Crippen LogP contribution is 2.35. The minimum Gasteiger partial charge on any atom is -0.379 e. The van der Waals surface area contributed by atoms with Gasteiger partial charge in [0.1, 0.15) is 5.76 Å². The summed E-state index contributed by atoms with van der Waals surface area (Å²) in [6, 6.07) is 1.80. The number of amides is 1. The van der Waals surface area contributed by atoms with Crippen molar-refractivity contribution in [1.82, 2.24) is 10.1 Å². The molecule has 0 aromatic carbocycles. The average molecular weight is 292 g/mol. The summed E-state index contributed by atoms with van der Waals surface area (Å²) in [6.45, 7) is 4.52. The average Bonchev–Trinajstić information content (AvgIpc) is 2.88. The summed E-state index contributed by atoms with van der Waals surface area (Å²) >= 11 is 0. The number of ether oxygens (including phenoxy) is 2. The molecule has 3 heterocycles. The van der Waals surface area contributed by atoms with Crippen molar-refractivity contribution in [3.05, 3.63) is 17.5 Å². The van der Waals surface area contributed by atoms with E-state index in [-0.39, 0.29) is 18.1 Å². The molecule has 1 aromatic rings. The number of aryl methyl sites for hydroxylation is 1. The Bertz CT molecular complexity index is 540. The first-order valence-corrected chi connectivity index (χ1v) is 7.66. The lowest BCUT2D eigenvalue weighted by Gasteiger charge is -2.21. The molecule has 114 valence electrons. The number of likely N-dealkylation sites (tertiary alicyclic amines) is 1. The zero-order valence-electron chi connectivity index (χ0n) is 12.2. The maximum atomic E-state index is 12.6. The van der Waals surface area contributed by atoms with E-state index in [1.54, 1.807) is 13.0 Å². The molecule has 1 aromatic heterocycles. The molecule has 1 aliphatic carbocycles. The van der Waals surface area contributed by atoms with E-state index in [0.717, 1.165) is 12.5 Å². The predicted molar refractivity (Wildman–Crippen MR) is 72.8 cm³/mol. The second-order valence-corrected chi connectivity index (χ2v) is 6.36. The molecule has 3 fully saturated rings. The Kier molecular flexibility index (Phi) is 3.23. The summed E-state index contributed by atoms with van der Waals surface area (Å²) in [6.07, 6.45) is 2.64. The van der Waals surface area contributed by atoms with Gasteiger partial charge < -0.3 is 18.9 Å². The van der Waals surface area contributed by atoms with Crippen molar-refractivity contribution in [2.24, 2.45) is 11.8 Å². The van der Waals surface area contributed by atoms with Crippen LogP contribution in [0.15, 0.2) is 10.6 Å². The molecule has 6 heteroatoms. The molecule has 0 radical (unpaired) electrons. The highest BCUT2D eigenvalue weighted by Gasteiger charge is 2.48. The van der Waals surface area contributed by atoms with Crippen LogP contribution in [0, 0.1) is 18.8 Å². The van der Waals surface area contributed by atoms with E-state index in [1.165, 1.54) is 12.8 Å². The van der Waals surface area contributed by atoms with Gasteiger partial charge in [0, 0.05) is 25.1 Å². The number of hydrogen-bond donors (Lipinski definition) is 0. The fraction of sp³-hybridized carbons (Fsp3) is 0.733. The molecule has 3 aliphatic rings. The number of carbonyl (C=O) groups excluding carboxylic acids is 1. The van der Waals surface area contributed by atoms with Crippen molar-refractivity contribution in [3.63, 3.8) is 0 Å². The number of hydrogen-bond acceptors (Lipinski definition) is 5. The summed E-state index contributed by atoms with van der Waals surface area (Å²) in [7, 11) is 0. The van der Waals surface area contributed by atoms with E-state index in [9.17, 15) is 4.79 Å². The lowest BCUT2D eigenvalue weighted by Crippen LogP contribution is -2.38. The SMILES string of the molecule is Cc1cc(C(=O)N2C[C@H](OCC3CC3)[C@H]3COC[C@H]32)no1. The predicted octanol–water partition coefficient (Wildman–Crippen LogP) is 1.25. The molecule has 1 amide bonds. The van der Waals surface area contributed by atoms with Crippen LogP contribution in [0.3, 0.4) is 0 Å². The van der Waals surface area contributed by atoms with Crippen LogP contribution in [0.5, 0.6) is 0 Å². The molecule has 0 N–H and O–H groups in total. The normalized spacial score (nSPS) is 31.7. The Balaban J connectivity index is 1.48. The minimum absolute atomic E-state index is 0.0788. The van der Waals surface area contributed by atoms with E-state index in [1.807, 2.05) is 4.90 Å². The number of carbonyl (C=O) groups is 1. The number of aromatic nitrogens is 1. The van der Waals surface area contributed by atoms with Crippen LogP contribution >= 0.6 is 0 Å². The topological polar surface area (TPSA) is 64.8 Å². The molecule has 2 aliphatic heterocycles. The highest BCUT2D eigenvalue weighted by atomic mass is 16.5. The zero-order chi connectivity index (χ0) is 14.4. The monoisotopic (exact) mass is 292 g/mol. The third-order valence-corrected chi connectivity index (χ3v) is 4.70. The zero-order valence-corrected chi connectivity index (χ0v) is 12.2. The van der Waals surface area contributed by atoms with Gasteiger partial charge in [-0.1, -0.05) is 5.16 Å². The molecule has 0 spiro atoms. The first-order chi connectivity index (χ1) is 10.2. The van der Waals surface area contributed by atoms with Crippen LogP contribution < -0.4 is 0 Å². The smallest absolute Gasteiger partial charge is 0.276 e. The van der Waals surface area contributed by atoms with Crippen LogP contribution in [-0.4, -0.2) is 54.5 Å². The lowest BCUT2D eigenvalue weighted by molar-refractivity contribution is 0.0140. The summed E-state index contributed by atoms with van der Waals surface area (Å²) in [5.74, 6) is 1.59. The van der Waals surface area contributed by atoms with Crippen LogP contribution in [0.25, 0.3) is 0 Å². The second-order valence-electron chi connectivity index (χ2n) is 6.36. The summed E-state index contributed by atoms with van der Waals surface area (Å²) in [5.41, 5.74) is 0.376. The van der Waals surface area contributed by atoms with Gasteiger partial charge in [-0.3, -0.25) is 4.79 Å². The van der Waals surface area contributed by atoms with Gasteiger partial charge in [-0.2, -0.15) is 0 Å². The Labute approximate surface area is 123 Å². The van der Waals surface area contributed by atoms with Crippen molar-refractivity contribution >= 4 is 5.91 Å². The van der Waals surface area contributed by atoms with Gasteiger partial charge in [-0.25, -0.2) is 0 Å². The molecule has 0 unspecified atom stereocenters. The quantitative estimate of drug-likeness (QED) is 0.835. The molecular formula is C15H20N2O4. The Morgan fingerprint density at radius 3 is 3.05 bits per heavy atom. The van der Waals surface area contributed by atoms with E-state index in [4.69, 9.17) is 14.0 Å². The Morgan fingerprint density at radius 1 is 1.48 bits per heavy atom. The highest BCUT2D eigenvalue weighted by molar-refractivity contribution is 5.92. The number of fused-ring (bicyclic) bond motifs is 1. The molecule has 21 heavy (non-hydrogen) atoms. The second kappa shape index (κ2) is 5.10. The lowest BCUT2D eigenvalue weighted by atomic mass is 10.0. The van der Waals surface area contributed by atoms with Crippen LogP contribution in [0.1, 0.15) is 29.1 Å². The largest absolute Gasteiger partial charge is 0.379 e. The summed E-state index contributed by atoms with van der Waals surface area (Å²) < 4.78 is 16.6. The fourth-order valence-corrected chi connectivity index (χ4v) is 3.27. The summed E-state index contributed by atoms with van der Waals surface area (Å²) in [4.78, 5) is 14.4. The van der Waals surface area contributed by atoms with Crippen molar-refractivity contribution in [1.29, 1.82) is 0 Å². The van der Waals surface area contributed by atoms with Gasteiger partial charge in [0.05, 0.1) is 25.4 Å². The minimum atomic E-state index is -0.0788. The molecule has 0 bridgehead atoms. The van der Waals surface area contributed by atoms with Crippen molar-refractivity contribution in [2.45, 2.75) is 31.9 Å². The first kappa shape index (κ1) is 13.3. The molecule has 4 rings (SSSR count). The maximum absolute atomic E-state index is 12.6. The molecule has 1 saturated carbocycles. The van der Waals surface area contributed by atoms with Gasteiger partial charge in [0.15, 0.2) is 5.69 Å². The van der Waals surface area contributed by atoms with E-state index < -0.39 is 0 Å². The van der Waals surface area contributed by atoms with E-state index >= 15 is 0 Å². The van der Waals surface area contributed by atoms with Gasteiger partial charge in [0.2, 0.25) is 0 Å². The molecule has 6 nitrogen and oxygen atoms in total. The number of rotatable bonds is 4. The van der Waals surface area contributed by atoms with E-state index in [2.05, 4.69) is 5.16 Å². The summed E-state index contributed by atoms with van der Waals surface area (Å²) in [5, 5.41) is 3.84. The Hall–Kier alpha value is -1.40. The standard InChI is InChI=1S/C15H20N2O4/c1-9-4-12(16-21-9)15(18)17-5-14(20-6-10-2-3-10)11-7-19-8-13(11)17/h4,10-11,13-14H,2-3,5-8H2,1H3/t11-,13+,14-/m0/s1. The van der Waals surface area contributed by atoms with Crippen molar-refractivity contribution < 1.29 is 18.8 Å². The van der Waals surface area contributed by atoms with E-state index in [0.29, 0.717) is 37.1 Å². The van der Waals surface area contributed by atoms with Crippen molar-refractivity contribution in [2.75, 3.05) is 26.4 Å². The first-order valence-electron chi connectivity index (χ1n) is 7.66. The van der Waals surface area contributed by atoms with Crippen molar-refractivity contribution in [3.8, 4) is 0 Å². The van der Waals surface area contributed by atoms with Gasteiger partial charge in [-0.15, -0.1) is 0 Å². The van der Waals surface area contributed by atoms with Crippen LogP contribution in [0.2, 0.25) is 0 Å².